The molecule has 0 unspecified atom stereocenters. The van der Waals surface area contributed by atoms with Crippen molar-refractivity contribution in [1.82, 2.24) is 4.98 Å². The molecule has 3 aromatic rings. The molecule has 1 aromatic heterocycles. The summed E-state index contributed by atoms with van der Waals surface area (Å²) < 4.78 is 58.0. The molecule has 0 aliphatic heterocycles. The Morgan fingerprint density at radius 2 is 1.75 bits per heavy atom. The average molecular weight is 390 g/mol. The van der Waals surface area contributed by atoms with Gasteiger partial charge in [-0.1, -0.05) is 12.1 Å². The van der Waals surface area contributed by atoms with Crippen LogP contribution in [0.2, 0.25) is 0 Å². The normalized spacial score (nSPS) is 11.2. The Bertz CT molecular complexity index is 982. The van der Waals surface area contributed by atoms with E-state index in [9.17, 15) is 22.4 Å². The number of carbonyl (C=O) groups excluding carboxylic acids is 1. The molecule has 4 nitrogen and oxygen atoms in total. The fourth-order valence-corrected chi connectivity index (χ4v) is 2.52. The van der Waals surface area contributed by atoms with Crippen molar-refractivity contribution in [3.8, 4) is 11.6 Å². The van der Waals surface area contributed by atoms with Crippen molar-refractivity contribution in [2.75, 3.05) is 5.32 Å². The van der Waals surface area contributed by atoms with Gasteiger partial charge in [-0.25, -0.2) is 9.37 Å². The lowest BCUT2D eigenvalue weighted by Crippen LogP contribution is -2.15. The molecule has 0 aliphatic rings. The van der Waals surface area contributed by atoms with E-state index in [4.69, 9.17) is 4.74 Å². The third kappa shape index (κ3) is 4.28. The van der Waals surface area contributed by atoms with Crippen molar-refractivity contribution in [2.45, 2.75) is 13.1 Å². The molecule has 2 aromatic carbocycles. The summed E-state index contributed by atoms with van der Waals surface area (Å²) in [4.78, 5) is 15.9. The Balaban J connectivity index is 1.76. The third-order valence-electron chi connectivity index (χ3n) is 3.85. The highest BCUT2D eigenvalue weighted by atomic mass is 19.4. The van der Waals surface area contributed by atoms with Gasteiger partial charge in [-0.3, -0.25) is 4.79 Å². The second-order valence-corrected chi connectivity index (χ2v) is 5.87. The predicted molar refractivity (Wildman–Crippen MR) is 94.8 cm³/mol. The Labute approximate surface area is 157 Å². The zero-order valence-corrected chi connectivity index (χ0v) is 14.5. The van der Waals surface area contributed by atoms with E-state index < -0.39 is 29.3 Å². The van der Waals surface area contributed by atoms with E-state index in [1.807, 2.05) is 0 Å². The zero-order chi connectivity index (χ0) is 20.3. The van der Waals surface area contributed by atoms with E-state index in [1.165, 1.54) is 48.7 Å². The van der Waals surface area contributed by atoms with Crippen LogP contribution in [-0.4, -0.2) is 10.9 Å². The van der Waals surface area contributed by atoms with Crippen molar-refractivity contribution >= 4 is 11.6 Å². The first-order chi connectivity index (χ1) is 13.3. The van der Waals surface area contributed by atoms with E-state index in [0.29, 0.717) is 11.3 Å². The molecule has 0 bridgehead atoms. The first-order valence-corrected chi connectivity index (χ1v) is 8.12. The molecule has 144 valence electrons. The van der Waals surface area contributed by atoms with Gasteiger partial charge >= 0.3 is 6.18 Å². The Morgan fingerprint density at radius 1 is 1.04 bits per heavy atom. The second kappa shape index (κ2) is 7.67. The number of pyridine rings is 1. The maximum absolute atomic E-state index is 13.9. The van der Waals surface area contributed by atoms with Gasteiger partial charge in [0, 0.05) is 11.9 Å². The van der Waals surface area contributed by atoms with Crippen molar-refractivity contribution < 1.29 is 27.1 Å². The largest absolute Gasteiger partial charge is 0.438 e. The average Bonchev–Trinajstić information content (AvgIpc) is 2.63. The van der Waals surface area contributed by atoms with Crippen LogP contribution in [0.1, 0.15) is 21.5 Å². The first-order valence-electron chi connectivity index (χ1n) is 8.12. The van der Waals surface area contributed by atoms with Crippen LogP contribution < -0.4 is 10.1 Å². The molecule has 0 aliphatic carbocycles. The summed E-state index contributed by atoms with van der Waals surface area (Å²) in [6, 6.07) is 11.9. The molecule has 0 radical (unpaired) electrons. The molecule has 3 rings (SSSR count). The molecular formula is C20H14F4N2O2. The molecule has 1 N–H and O–H groups in total. The van der Waals surface area contributed by atoms with Crippen molar-refractivity contribution in [3.05, 3.63) is 83.3 Å². The second-order valence-electron chi connectivity index (χ2n) is 5.87. The Hall–Kier alpha value is -3.42. The van der Waals surface area contributed by atoms with Gasteiger partial charge in [0.2, 0.25) is 5.88 Å². The van der Waals surface area contributed by atoms with Crippen LogP contribution in [0.15, 0.2) is 60.8 Å². The number of halogens is 4. The summed E-state index contributed by atoms with van der Waals surface area (Å²) in [5, 5.41) is 2.54. The van der Waals surface area contributed by atoms with Gasteiger partial charge in [-0.15, -0.1) is 0 Å². The molecule has 1 amide bonds. The topological polar surface area (TPSA) is 51.2 Å². The summed E-state index contributed by atoms with van der Waals surface area (Å²) in [7, 11) is 0. The maximum atomic E-state index is 13.9. The van der Waals surface area contributed by atoms with Crippen LogP contribution in [0.4, 0.5) is 23.2 Å². The summed E-state index contributed by atoms with van der Waals surface area (Å²) in [6.07, 6.45) is -3.41. The molecule has 0 fully saturated rings. The molecular weight excluding hydrogens is 376 g/mol. The lowest BCUT2D eigenvalue weighted by Gasteiger charge is -2.13. The number of aromatic nitrogens is 1. The highest BCUT2D eigenvalue weighted by Gasteiger charge is 2.35. The third-order valence-corrected chi connectivity index (χ3v) is 3.85. The zero-order valence-electron chi connectivity index (χ0n) is 14.5. The fourth-order valence-electron chi connectivity index (χ4n) is 2.52. The number of ether oxygens (including phenoxy) is 1. The van der Waals surface area contributed by atoms with Gasteiger partial charge in [0.15, 0.2) is 0 Å². The maximum Gasteiger partial charge on any atom is 0.421 e. The number of amides is 1. The van der Waals surface area contributed by atoms with E-state index in [1.54, 1.807) is 13.0 Å². The van der Waals surface area contributed by atoms with Crippen molar-refractivity contribution in [1.29, 1.82) is 0 Å². The van der Waals surface area contributed by atoms with Gasteiger partial charge in [0.05, 0.1) is 5.56 Å². The van der Waals surface area contributed by atoms with Gasteiger partial charge in [0.1, 0.15) is 17.1 Å². The molecule has 0 atom stereocenters. The van der Waals surface area contributed by atoms with Crippen molar-refractivity contribution in [3.63, 3.8) is 0 Å². The van der Waals surface area contributed by atoms with Crippen LogP contribution in [0.5, 0.6) is 11.6 Å². The van der Waals surface area contributed by atoms with E-state index in [0.717, 1.165) is 6.07 Å². The van der Waals surface area contributed by atoms with E-state index in [2.05, 4.69) is 10.3 Å². The number of carbonyl (C=O) groups is 1. The summed E-state index contributed by atoms with van der Waals surface area (Å²) in [5.74, 6) is -1.75. The Morgan fingerprint density at radius 3 is 2.39 bits per heavy atom. The Kier molecular flexibility index (Phi) is 5.30. The highest BCUT2D eigenvalue weighted by Crippen LogP contribution is 2.36. The number of rotatable bonds is 4. The highest BCUT2D eigenvalue weighted by molar-refractivity contribution is 6.05. The van der Waals surface area contributed by atoms with Crippen LogP contribution >= 0.6 is 0 Å². The summed E-state index contributed by atoms with van der Waals surface area (Å²) in [6.45, 7) is 1.61. The number of aryl methyl sites for hydroxylation is 1. The number of nitrogens with one attached hydrogen (secondary N) is 1. The quantitative estimate of drug-likeness (QED) is 0.591. The lowest BCUT2D eigenvalue weighted by molar-refractivity contribution is -0.138. The number of alkyl halides is 3. The van der Waals surface area contributed by atoms with Crippen LogP contribution in [0.25, 0.3) is 0 Å². The monoisotopic (exact) mass is 390 g/mol. The van der Waals surface area contributed by atoms with Crippen LogP contribution in [-0.2, 0) is 6.18 Å². The van der Waals surface area contributed by atoms with E-state index >= 15 is 0 Å². The minimum absolute atomic E-state index is 0.0777. The van der Waals surface area contributed by atoms with Crippen LogP contribution in [0.3, 0.4) is 0 Å². The molecule has 1 heterocycles. The van der Waals surface area contributed by atoms with E-state index in [-0.39, 0.29) is 11.3 Å². The molecule has 0 saturated heterocycles. The number of nitrogens with zero attached hydrogens (tertiary/aromatic N) is 1. The number of hydrogen-bond acceptors (Lipinski definition) is 3. The van der Waals surface area contributed by atoms with Gasteiger partial charge < -0.3 is 10.1 Å². The molecule has 0 spiro atoms. The predicted octanol–water partition coefficient (Wildman–Crippen LogP) is 5.59. The van der Waals surface area contributed by atoms with Crippen LogP contribution in [0, 0.1) is 12.7 Å². The minimum atomic E-state index is -4.60. The summed E-state index contributed by atoms with van der Waals surface area (Å²) >= 11 is 0. The lowest BCUT2D eigenvalue weighted by atomic mass is 10.1. The number of hydrogen-bond donors (Lipinski definition) is 1. The van der Waals surface area contributed by atoms with Crippen molar-refractivity contribution in [2.24, 2.45) is 0 Å². The molecule has 0 saturated carbocycles. The van der Waals surface area contributed by atoms with Gasteiger partial charge in [-0.2, -0.15) is 13.2 Å². The molecule has 28 heavy (non-hydrogen) atoms. The minimum Gasteiger partial charge on any atom is -0.438 e. The molecule has 8 heteroatoms. The first kappa shape index (κ1) is 19.3. The SMILES string of the molecule is Cc1cccc(F)c1C(=O)Nc1ccc(Oc2ncccc2C(F)(F)F)cc1. The van der Waals surface area contributed by atoms with Gasteiger partial charge in [0.25, 0.3) is 5.91 Å². The summed E-state index contributed by atoms with van der Waals surface area (Å²) in [5.41, 5.74) is -0.266. The number of anilines is 1. The smallest absolute Gasteiger partial charge is 0.421 e. The standard InChI is InChI=1S/C20H14F4N2O2/c1-12-4-2-6-16(21)17(12)18(27)26-13-7-9-14(10-8-13)28-19-15(20(22,23)24)5-3-11-25-19/h2-11H,1H3,(H,26,27). The fraction of sp³-hybridized carbons (Fsp3) is 0.100. The number of benzene rings is 2. The van der Waals surface area contributed by atoms with Gasteiger partial charge in [-0.05, 0) is 55.0 Å².